The Hall–Kier alpha value is -3.15. The van der Waals surface area contributed by atoms with Crippen LogP contribution in [0.3, 0.4) is 0 Å². The van der Waals surface area contributed by atoms with Crippen molar-refractivity contribution in [3.8, 4) is 11.1 Å². The summed E-state index contributed by atoms with van der Waals surface area (Å²) < 4.78 is 9.68. The number of cyclic esters (lactones) is 2. The van der Waals surface area contributed by atoms with Crippen molar-refractivity contribution in [2.45, 2.75) is 26.0 Å². The molecule has 1 heterocycles. The van der Waals surface area contributed by atoms with E-state index in [4.69, 9.17) is 4.74 Å². The van der Waals surface area contributed by atoms with E-state index in [2.05, 4.69) is 16.9 Å². The number of amides is 2. The lowest BCUT2D eigenvalue weighted by Crippen LogP contribution is -2.38. The SMILES string of the molecule is C[C@H]1C(=O)OC(=O)N1C(=O)OCc1cccc2c1Cc1ccccc1-2. The average Bonchev–Trinajstić information content (AvgIpc) is 3.10. The van der Waals surface area contributed by atoms with Gasteiger partial charge in [-0.25, -0.2) is 14.4 Å². The van der Waals surface area contributed by atoms with Crippen molar-refractivity contribution in [1.29, 1.82) is 0 Å². The van der Waals surface area contributed by atoms with Crippen LogP contribution in [0.15, 0.2) is 42.5 Å². The van der Waals surface area contributed by atoms with Gasteiger partial charge in [-0.1, -0.05) is 42.5 Å². The summed E-state index contributed by atoms with van der Waals surface area (Å²) in [4.78, 5) is 35.8. The molecule has 2 aliphatic rings. The first-order valence-corrected chi connectivity index (χ1v) is 7.97. The Balaban J connectivity index is 1.53. The fourth-order valence-electron chi connectivity index (χ4n) is 3.28. The minimum Gasteiger partial charge on any atom is -0.444 e. The van der Waals surface area contributed by atoms with Crippen LogP contribution < -0.4 is 0 Å². The summed E-state index contributed by atoms with van der Waals surface area (Å²) in [5.74, 6) is -0.752. The van der Waals surface area contributed by atoms with Gasteiger partial charge < -0.3 is 9.47 Å². The molecule has 0 aromatic heterocycles. The smallest absolute Gasteiger partial charge is 0.427 e. The van der Waals surface area contributed by atoms with Crippen LogP contribution in [0, 0.1) is 0 Å². The summed E-state index contributed by atoms with van der Waals surface area (Å²) in [6, 6.07) is 13.1. The number of benzene rings is 2. The molecule has 25 heavy (non-hydrogen) atoms. The zero-order valence-electron chi connectivity index (χ0n) is 13.5. The van der Waals surface area contributed by atoms with Crippen LogP contribution in [-0.4, -0.2) is 29.1 Å². The summed E-state index contributed by atoms with van der Waals surface area (Å²) in [5.41, 5.74) is 5.55. The Bertz CT molecular complexity index is 904. The van der Waals surface area contributed by atoms with E-state index >= 15 is 0 Å². The Morgan fingerprint density at radius 3 is 2.68 bits per heavy atom. The molecule has 0 radical (unpaired) electrons. The number of imide groups is 1. The second-order valence-electron chi connectivity index (χ2n) is 6.06. The van der Waals surface area contributed by atoms with Gasteiger partial charge in [0.15, 0.2) is 0 Å². The first-order chi connectivity index (χ1) is 12.1. The van der Waals surface area contributed by atoms with E-state index in [-0.39, 0.29) is 6.61 Å². The first kappa shape index (κ1) is 15.4. The minimum absolute atomic E-state index is 0.0285. The second-order valence-corrected chi connectivity index (χ2v) is 6.06. The summed E-state index contributed by atoms with van der Waals surface area (Å²) in [6.45, 7) is 1.45. The molecule has 1 aliphatic heterocycles. The topological polar surface area (TPSA) is 72.9 Å². The maximum atomic E-state index is 12.2. The molecular weight excluding hydrogens is 322 g/mol. The third kappa shape index (κ3) is 2.46. The predicted octanol–water partition coefficient (Wildman–Crippen LogP) is 3.26. The van der Waals surface area contributed by atoms with E-state index in [1.165, 1.54) is 18.1 Å². The number of carbonyl (C=O) groups excluding carboxylic acids is 3. The molecule has 0 N–H and O–H groups in total. The highest BCUT2D eigenvalue weighted by molar-refractivity contribution is 6.03. The fraction of sp³-hybridized carbons (Fsp3) is 0.211. The maximum absolute atomic E-state index is 12.2. The zero-order valence-corrected chi connectivity index (χ0v) is 13.5. The number of hydrogen-bond acceptors (Lipinski definition) is 5. The van der Waals surface area contributed by atoms with Gasteiger partial charge in [0.25, 0.3) is 0 Å². The van der Waals surface area contributed by atoms with Crippen molar-refractivity contribution in [1.82, 2.24) is 4.90 Å². The second kappa shape index (κ2) is 5.73. The monoisotopic (exact) mass is 337 g/mol. The number of hydrogen-bond donors (Lipinski definition) is 0. The number of carbonyl (C=O) groups is 3. The third-order valence-electron chi connectivity index (χ3n) is 4.61. The molecule has 1 fully saturated rings. The highest BCUT2D eigenvalue weighted by atomic mass is 16.6. The summed E-state index contributed by atoms with van der Waals surface area (Å²) in [6.07, 6.45) is -1.09. The van der Waals surface area contributed by atoms with E-state index in [1.54, 1.807) is 0 Å². The van der Waals surface area contributed by atoms with E-state index < -0.39 is 24.2 Å². The fourth-order valence-corrected chi connectivity index (χ4v) is 3.28. The largest absolute Gasteiger partial charge is 0.444 e. The predicted molar refractivity (Wildman–Crippen MR) is 87.7 cm³/mol. The zero-order chi connectivity index (χ0) is 17.6. The number of rotatable bonds is 2. The Morgan fingerprint density at radius 1 is 1.16 bits per heavy atom. The molecule has 0 saturated carbocycles. The van der Waals surface area contributed by atoms with Crippen LogP contribution in [0.25, 0.3) is 11.1 Å². The quantitative estimate of drug-likeness (QED) is 0.530. The lowest BCUT2D eigenvalue weighted by atomic mass is 10.0. The molecule has 126 valence electrons. The summed E-state index contributed by atoms with van der Waals surface area (Å²) in [7, 11) is 0. The van der Waals surface area contributed by atoms with E-state index in [9.17, 15) is 14.4 Å². The highest BCUT2D eigenvalue weighted by Gasteiger charge is 2.43. The van der Waals surface area contributed by atoms with Crippen LogP contribution in [0.1, 0.15) is 23.6 Å². The average molecular weight is 337 g/mol. The van der Waals surface area contributed by atoms with Crippen LogP contribution in [0.4, 0.5) is 9.59 Å². The summed E-state index contributed by atoms with van der Waals surface area (Å²) in [5, 5.41) is 0. The Kier molecular flexibility index (Phi) is 3.53. The molecule has 0 spiro atoms. The number of nitrogens with zero attached hydrogens (tertiary/aromatic N) is 1. The van der Waals surface area contributed by atoms with Crippen molar-refractivity contribution < 1.29 is 23.9 Å². The van der Waals surface area contributed by atoms with Gasteiger partial charge in [-0.3, -0.25) is 0 Å². The van der Waals surface area contributed by atoms with Crippen LogP contribution in [0.2, 0.25) is 0 Å². The first-order valence-electron chi connectivity index (χ1n) is 7.97. The van der Waals surface area contributed by atoms with Gasteiger partial charge >= 0.3 is 18.2 Å². The molecule has 0 bridgehead atoms. The van der Waals surface area contributed by atoms with Gasteiger partial charge in [-0.2, -0.15) is 4.90 Å². The molecule has 2 aromatic carbocycles. The highest BCUT2D eigenvalue weighted by Crippen LogP contribution is 2.38. The standard InChI is InChI=1S/C19H15NO5/c1-11-17(21)25-19(23)20(11)18(22)24-10-13-6-4-8-15-14-7-3-2-5-12(14)9-16(13)15/h2-8,11H,9-10H2,1H3/t11-/m0/s1. The van der Waals surface area contributed by atoms with E-state index in [0.717, 1.165) is 23.1 Å². The molecule has 2 aromatic rings. The van der Waals surface area contributed by atoms with E-state index in [1.807, 2.05) is 30.3 Å². The van der Waals surface area contributed by atoms with E-state index in [0.29, 0.717) is 4.90 Å². The Labute approximate surface area is 144 Å². The third-order valence-corrected chi connectivity index (χ3v) is 4.61. The van der Waals surface area contributed by atoms with Crippen LogP contribution in [0.5, 0.6) is 0 Å². The van der Waals surface area contributed by atoms with Gasteiger partial charge in [0.2, 0.25) is 0 Å². The lowest BCUT2D eigenvalue weighted by Gasteiger charge is -2.15. The molecule has 4 rings (SSSR count). The van der Waals surface area contributed by atoms with Crippen molar-refractivity contribution in [3.63, 3.8) is 0 Å². The van der Waals surface area contributed by atoms with Crippen LogP contribution >= 0.6 is 0 Å². The number of fused-ring (bicyclic) bond motifs is 3. The molecule has 1 atom stereocenters. The van der Waals surface area contributed by atoms with Crippen LogP contribution in [-0.2, 0) is 27.3 Å². The van der Waals surface area contributed by atoms with Gasteiger partial charge in [0, 0.05) is 0 Å². The van der Waals surface area contributed by atoms with Gasteiger partial charge in [0.05, 0.1) is 0 Å². The van der Waals surface area contributed by atoms with Crippen molar-refractivity contribution in [3.05, 3.63) is 59.2 Å². The van der Waals surface area contributed by atoms with Gasteiger partial charge in [0.1, 0.15) is 12.6 Å². The Morgan fingerprint density at radius 2 is 1.92 bits per heavy atom. The molecule has 1 saturated heterocycles. The molecular formula is C19H15NO5. The van der Waals surface area contributed by atoms with Crippen molar-refractivity contribution in [2.75, 3.05) is 0 Å². The number of ether oxygens (including phenoxy) is 2. The molecule has 6 heteroatoms. The van der Waals surface area contributed by atoms with Gasteiger partial charge in [-0.15, -0.1) is 0 Å². The normalized spacial score (nSPS) is 18.0. The number of esters is 1. The van der Waals surface area contributed by atoms with Crippen molar-refractivity contribution >= 4 is 18.2 Å². The summed E-state index contributed by atoms with van der Waals surface area (Å²) >= 11 is 0. The maximum Gasteiger partial charge on any atom is 0.427 e. The molecule has 0 unspecified atom stereocenters. The minimum atomic E-state index is -0.992. The van der Waals surface area contributed by atoms with Crippen molar-refractivity contribution in [2.24, 2.45) is 0 Å². The lowest BCUT2D eigenvalue weighted by molar-refractivity contribution is -0.135. The molecule has 1 aliphatic carbocycles. The van der Waals surface area contributed by atoms with Gasteiger partial charge in [-0.05, 0) is 41.2 Å². The molecule has 2 amide bonds. The molecule has 6 nitrogen and oxygen atoms in total.